The number of hydrogen-bond donors (Lipinski definition) is 4. The molecule has 0 fully saturated rings. The van der Waals surface area contributed by atoms with Gasteiger partial charge >= 0.3 is 0 Å². The molecule has 0 atom stereocenters. The minimum Gasteiger partial charge on any atom is -0.508 e. The quantitative estimate of drug-likeness (QED) is 0.556. The number of aliphatic hydroxyl groups excluding tert-OH is 1. The van der Waals surface area contributed by atoms with Gasteiger partial charge in [0.1, 0.15) is 23.5 Å². The molecule has 92 valence electrons. The van der Waals surface area contributed by atoms with Gasteiger partial charge in [-0.1, -0.05) is 0 Å². The first-order valence-corrected chi connectivity index (χ1v) is 5.60. The van der Waals surface area contributed by atoms with Crippen LogP contribution in [0, 0.1) is 0 Å². The molecule has 4 N–H and O–H groups in total. The molecule has 0 bridgehead atoms. The van der Waals surface area contributed by atoms with Gasteiger partial charge in [-0.25, -0.2) is 9.97 Å². The SMILES string of the molecule is OCCNc1ncnc2[nH]c3ccc(O)cc3c12. The van der Waals surface area contributed by atoms with Crippen LogP contribution in [-0.2, 0) is 0 Å². The molecule has 0 amide bonds. The van der Waals surface area contributed by atoms with Crippen LogP contribution in [0.25, 0.3) is 21.9 Å². The van der Waals surface area contributed by atoms with Gasteiger partial charge < -0.3 is 20.5 Å². The van der Waals surface area contributed by atoms with Crippen LogP contribution in [0.15, 0.2) is 24.5 Å². The monoisotopic (exact) mass is 244 g/mol. The predicted octanol–water partition coefficient (Wildman–Crippen LogP) is 1.22. The summed E-state index contributed by atoms with van der Waals surface area (Å²) in [6.07, 6.45) is 1.46. The Morgan fingerprint density at radius 2 is 2.17 bits per heavy atom. The Balaban J connectivity index is 2.29. The first kappa shape index (κ1) is 10.8. The second-order valence-corrected chi connectivity index (χ2v) is 3.95. The molecule has 3 rings (SSSR count). The summed E-state index contributed by atoms with van der Waals surface area (Å²) in [5.74, 6) is 0.839. The van der Waals surface area contributed by atoms with Crippen molar-refractivity contribution >= 4 is 27.8 Å². The summed E-state index contributed by atoms with van der Waals surface area (Å²) in [6, 6.07) is 5.08. The minimum absolute atomic E-state index is 0.0269. The molecule has 0 saturated heterocycles. The molecule has 3 aromatic rings. The zero-order chi connectivity index (χ0) is 12.5. The Morgan fingerprint density at radius 1 is 1.28 bits per heavy atom. The highest BCUT2D eigenvalue weighted by Gasteiger charge is 2.11. The van der Waals surface area contributed by atoms with E-state index in [4.69, 9.17) is 5.11 Å². The topological polar surface area (TPSA) is 94.1 Å². The van der Waals surface area contributed by atoms with Crippen LogP contribution in [0.4, 0.5) is 5.82 Å². The largest absolute Gasteiger partial charge is 0.508 e. The lowest BCUT2D eigenvalue weighted by atomic mass is 10.2. The number of phenols is 1. The van der Waals surface area contributed by atoms with Crippen LogP contribution in [0.2, 0.25) is 0 Å². The van der Waals surface area contributed by atoms with E-state index in [0.29, 0.717) is 18.0 Å². The van der Waals surface area contributed by atoms with E-state index in [1.807, 2.05) is 0 Å². The van der Waals surface area contributed by atoms with Crippen molar-refractivity contribution in [1.29, 1.82) is 0 Å². The third-order valence-corrected chi connectivity index (χ3v) is 2.78. The standard InChI is InChI=1S/C12H12N4O2/c17-4-3-13-11-10-8-5-7(18)1-2-9(8)16-12(10)15-6-14-11/h1-2,5-6,17-18H,3-4H2,(H2,13,14,15,16). The van der Waals surface area contributed by atoms with Gasteiger partial charge in [-0.2, -0.15) is 0 Å². The summed E-state index contributed by atoms with van der Waals surface area (Å²) in [6.45, 7) is 0.441. The van der Waals surface area contributed by atoms with Gasteiger partial charge in [0.2, 0.25) is 0 Å². The van der Waals surface area contributed by atoms with Crippen LogP contribution in [0.5, 0.6) is 5.75 Å². The van der Waals surface area contributed by atoms with Gasteiger partial charge in [0, 0.05) is 17.4 Å². The lowest BCUT2D eigenvalue weighted by Crippen LogP contribution is -2.07. The highest BCUT2D eigenvalue weighted by atomic mass is 16.3. The average Bonchev–Trinajstić information content (AvgIpc) is 2.74. The zero-order valence-electron chi connectivity index (χ0n) is 9.51. The maximum absolute atomic E-state index is 9.56. The molecule has 0 aliphatic rings. The highest BCUT2D eigenvalue weighted by molar-refractivity contribution is 6.11. The lowest BCUT2D eigenvalue weighted by molar-refractivity contribution is 0.311. The van der Waals surface area contributed by atoms with Gasteiger partial charge in [-0.15, -0.1) is 0 Å². The molecule has 6 nitrogen and oxygen atoms in total. The maximum Gasteiger partial charge on any atom is 0.143 e. The number of phenolic OH excluding ortho intramolecular Hbond substituents is 1. The second-order valence-electron chi connectivity index (χ2n) is 3.95. The first-order valence-electron chi connectivity index (χ1n) is 5.60. The van der Waals surface area contributed by atoms with Crippen molar-refractivity contribution in [3.05, 3.63) is 24.5 Å². The molecule has 0 aliphatic heterocycles. The molecular weight excluding hydrogens is 232 g/mol. The van der Waals surface area contributed by atoms with Gasteiger partial charge in [0.15, 0.2) is 0 Å². The van der Waals surface area contributed by atoms with Crippen LogP contribution >= 0.6 is 0 Å². The Hall–Kier alpha value is -2.34. The first-order chi connectivity index (χ1) is 8.79. The number of nitrogens with one attached hydrogen (secondary N) is 2. The summed E-state index contributed by atoms with van der Waals surface area (Å²) in [5.41, 5.74) is 1.58. The number of benzene rings is 1. The van der Waals surface area contributed by atoms with E-state index >= 15 is 0 Å². The van der Waals surface area contributed by atoms with Crippen LogP contribution in [-0.4, -0.2) is 38.3 Å². The second kappa shape index (κ2) is 4.15. The minimum atomic E-state index is 0.0269. The van der Waals surface area contributed by atoms with Gasteiger partial charge in [-0.3, -0.25) is 0 Å². The molecule has 2 heterocycles. The number of aromatic amines is 1. The highest BCUT2D eigenvalue weighted by Crippen LogP contribution is 2.30. The molecule has 18 heavy (non-hydrogen) atoms. The molecule has 0 spiro atoms. The number of fused-ring (bicyclic) bond motifs is 3. The number of H-pyrrole nitrogens is 1. The number of anilines is 1. The van der Waals surface area contributed by atoms with E-state index in [1.165, 1.54) is 6.33 Å². The van der Waals surface area contributed by atoms with Gasteiger partial charge in [-0.05, 0) is 18.2 Å². The van der Waals surface area contributed by atoms with Crippen LogP contribution in [0.1, 0.15) is 0 Å². The number of aromatic hydroxyl groups is 1. The van der Waals surface area contributed by atoms with E-state index in [-0.39, 0.29) is 12.4 Å². The predicted molar refractivity (Wildman–Crippen MR) is 68.6 cm³/mol. The van der Waals surface area contributed by atoms with Crippen molar-refractivity contribution in [2.75, 3.05) is 18.5 Å². The van der Waals surface area contributed by atoms with E-state index in [9.17, 15) is 5.11 Å². The number of aromatic nitrogens is 3. The normalized spacial score (nSPS) is 11.2. The molecule has 0 unspecified atom stereocenters. The van der Waals surface area contributed by atoms with Crippen molar-refractivity contribution in [3.8, 4) is 5.75 Å². The Labute approximate surface area is 102 Å². The maximum atomic E-state index is 9.56. The fraction of sp³-hybridized carbons (Fsp3) is 0.167. The van der Waals surface area contributed by atoms with Crippen molar-refractivity contribution < 1.29 is 10.2 Å². The zero-order valence-corrected chi connectivity index (χ0v) is 9.51. The average molecular weight is 244 g/mol. The van der Waals surface area contributed by atoms with E-state index < -0.39 is 0 Å². The summed E-state index contributed by atoms with van der Waals surface area (Å²) in [7, 11) is 0. The number of nitrogens with zero attached hydrogens (tertiary/aromatic N) is 2. The fourth-order valence-corrected chi connectivity index (χ4v) is 2.02. The third kappa shape index (κ3) is 1.63. The lowest BCUT2D eigenvalue weighted by Gasteiger charge is -2.04. The molecule has 2 aromatic heterocycles. The smallest absolute Gasteiger partial charge is 0.143 e. The molecule has 0 radical (unpaired) electrons. The van der Waals surface area contributed by atoms with Crippen molar-refractivity contribution in [1.82, 2.24) is 15.0 Å². The Bertz CT molecular complexity index is 708. The van der Waals surface area contributed by atoms with Gasteiger partial charge in [0.25, 0.3) is 0 Å². The van der Waals surface area contributed by atoms with Crippen LogP contribution in [0.3, 0.4) is 0 Å². The molecule has 1 aromatic carbocycles. The van der Waals surface area contributed by atoms with Gasteiger partial charge in [0.05, 0.1) is 12.0 Å². The summed E-state index contributed by atoms with van der Waals surface area (Å²) >= 11 is 0. The number of rotatable bonds is 3. The summed E-state index contributed by atoms with van der Waals surface area (Å²) in [4.78, 5) is 11.5. The number of hydrogen-bond acceptors (Lipinski definition) is 5. The van der Waals surface area contributed by atoms with E-state index in [1.54, 1.807) is 18.2 Å². The molecule has 0 saturated carbocycles. The molecule has 6 heteroatoms. The molecular formula is C12H12N4O2. The summed E-state index contributed by atoms with van der Waals surface area (Å²) < 4.78 is 0. The number of aliphatic hydroxyl groups is 1. The fourth-order valence-electron chi connectivity index (χ4n) is 2.02. The third-order valence-electron chi connectivity index (χ3n) is 2.78. The van der Waals surface area contributed by atoms with E-state index in [0.717, 1.165) is 16.3 Å². The van der Waals surface area contributed by atoms with E-state index in [2.05, 4.69) is 20.3 Å². The van der Waals surface area contributed by atoms with Crippen LogP contribution < -0.4 is 5.32 Å². The Kier molecular flexibility index (Phi) is 2.49. The van der Waals surface area contributed by atoms with Crippen molar-refractivity contribution in [2.45, 2.75) is 0 Å². The molecule has 0 aliphatic carbocycles. The van der Waals surface area contributed by atoms with Crippen molar-refractivity contribution in [2.24, 2.45) is 0 Å². The van der Waals surface area contributed by atoms with Crippen molar-refractivity contribution in [3.63, 3.8) is 0 Å². The summed E-state index contributed by atoms with van der Waals surface area (Å²) in [5, 5.41) is 23.1. The Morgan fingerprint density at radius 3 is 3.00 bits per heavy atom.